The van der Waals surface area contributed by atoms with Gasteiger partial charge >= 0.3 is 0 Å². The van der Waals surface area contributed by atoms with Crippen molar-refractivity contribution in [1.82, 2.24) is 4.90 Å². The van der Waals surface area contributed by atoms with Crippen molar-refractivity contribution in [3.8, 4) is 0 Å². The second kappa shape index (κ2) is 5.80. The third-order valence-corrected chi connectivity index (χ3v) is 4.64. The molecule has 1 aliphatic rings. The largest absolute Gasteiger partial charge is 0.297 e. The molecule has 0 fully saturated rings. The molecule has 2 aromatic carbocycles. The van der Waals surface area contributed by atoms with Crippen molar-refractivity contribution in [2.24, 2.45) is 0 Å². The van der Waals surface area contributed by atoms with Crippen LogP contribution in [0.25, 0.3) is 0 Å². The summed E-state index contributed by atoms with van der Waals surface area (Å²) in [6.45, 7) is 6.78. The van der Waals surface area contributed by atoms with E-state index in [1.54, 1.807) is 0 Å². The van der Waals surface area contributed by atoms with Crippen molar-refractivity contribution in [2.75, 3.05) is 13.1 Å². The van der Waals surface area contributed by atoms with Gasteiger partial charge in [-0.2, -0.15) is 0 Å². The number of nitrogens with zero attached hydrogens (tertiary/aromatic N) is 1. The minimum absolute atomic E-state index is 0.554. The molecule has 1 heteroatoms. The summed E-state index contributed by atoms with van der Waals surface area (Å²) in [5, 5.41) is 0. The van der Waals surface area contributed by atoms with Crippen LogP contribution in [0.2, 0.25) is 0 Å². The van der Waals surface area contributed by atoms with E-state index < -0.39 is 0 Å². The molecule has 2 aromatic rings. The first-order valence-electron chi connectivity index (χ1n) is 7.73. The minimum Gasteiger partial charge on any atom is -0.297 e. The van der Waals surface area contributed by atoms with Gasteiger partial charge in [0, 0.05) is 12.0 Å². The van der Waals surface area contributed by atoms with Crippen molar-refractivity contribution < 1.29 is 0 Å². The summed E-state index contributed by atoms with van der Waals surface area (Å²) in [7, 11) is 0. The Labute approximate surface area is 122 Å². The lowest BCUT2D eigenvalue weighted by atomic mass is 9.93. The van der Waals surface area contributed by atoms with Crippen molar-refractivity contribution in [2.45, 2.75) is 32.2 Å². The summed E-state index contributed by atoms with van der Waals surface area (Å²) in [6.07, 6.45) is 1.21. The minimum atomic E-state index is 0.554. The van der Waals surface area contributed by atoms with E-state index in [-0.39, 0.29) is 0 Å². The first kappa shape index (κ1) is 13.4. The molecule has 0 bridgehead atoms. The molecule has 104 valence electrons. The van der Waals surface area contributed by atoms with Gasteiger partial charge in [0.2, 0.25) is 0 Å². The fourth-order valence-corrected chi connectivity index (χ4v) is 3.62. The van der Waals surface area contributed by atoms with Crippen LogP contribution in [0.15, 0.2) is 54.6 Å². The van der Waals surface area contributed by atoms with E-state index in [0.717, 1.165) is 13.1 Å². The highest BCUT2D eigenvalue weighted by Crippen LogP contribution is 2.46. The molecule has 0 N–H and O–H groups in total. The number of hydrogen-bond donors (Lipinski definition) is 0. The molecular weight excluding hydrogens is 242 g/mol. The van der Waals surface area contributed by atoms with Gasteiger partial charge in [-0.25, -0.2) is 0 Å². The van der Waals surface area contributed by atoms with Crippen LogP contribution in [0.3, 0.4) is 0 Å². The fourth-order valence-electron chi connectivity index (χ4n) is 3.62. The normalized spacial score (nSPS) is 21.1. The molecule has 0 amide bonds. The number of fused-ring (bicyclic) bond motifs is 1. The van der Waals surface area contributed by atoms with Gasteiger partial charge in [0.05, 0.1) is 0 Å². The van der Waals surface area contributed by atoms with E-state index >= 15 is 0 Å². The molecule has 2 unspecified atom stereocenters. The average Bonchev–Trinajstić information content (AvgIpc) is 2.90. The Balaban J connectivity index is 2.00. The van der Waals surface area contributed by atoms with Crippen molar-refractivity contribution in [1.29, 1.82) is 0 Å². The van der Waals surface area contributed by atoms with Gasteiger partial charge < -0.3 is 0 Å². The molecule has 0 radical (unpaired) electrons. The lowest BCUT2D eigenvalue weighted by Crippen LogP contribution is -2.27. The standard InChI is InChI=1S/C19H23N/c1-3-20(4-2)19-14-18(15-10-6-5-7-11-15)16-12-8-9-13-17(16)19/h5-13,18-19H,3-4,14H2,1-2H3. The molecular formula is C19H23N. The van der Waals surface area contributed by atoms with Crippen LogP contribution in [-0.2, 0) is 0 Å². The molecule has 0 aliphatic heterocycles. The Morgan fingerprint density at radius 3 is 2.10 bits per heavy atom. The van der Waals surface area contributed by atoms with E-state index in [0.29, 0.717) is 12.0 Å². The highest BCUT2D eigenvalue weighted by molar-refractivity contribution is 5.44. The zero-order valence-corrected chi connectivity index (χ0v) is 12.4. The predicted molar refractivity (Wildman–Crippen MR) is 85.0 cm³/mol. The molecule has 0 saturated heterocycles. The highest BCUT2D eigenvalue weighted by Gasteiger charge is 2.33. The lowest BCUT2D eigenvalue weighted by molar-refractivity contribution is 0.215. The first-order valence-corrected chi connectivity index (χ1v) is 7.73. The van der Waals surface area contributed by atoms with Crippen LogP contribution in [0.4, 0.5) is 0 Å². The van der Waals surface area contributed by atoms with E-state index in [1.165, 1.54) is 23.1 Å². The Bertz CT molecular complexity index is 557. The highest BCUT2D eigenvalue weighted by atomic mass is 15.1. The number of benzene rings is 2. The summed E-state index contributed by atoms with van der Waals surface area (Å²) in [5.41, 5.74) is 4.51. The zero-order chi connectivity index (χ0) is 13.9. The van der Waals surface area contributed by atoms with Crippen LogP contribution in [0, 0.1) is 0 Å². The second-order valence-electron chi connectivity index (χ2n) is 5.56. The maximum absolute atomic E-state index is 2.59. The first-order chi connectivity index (χ1) is 9.85. The molecule has 1 aliphatic carbocycles. The Morgan fingerprint density at radius 1 is 0.850 bits per heavy atom. The van der Waals surface area contributed by atoms with Crippen molar-refractivity contribution in [3.63, 3.8) is 0 Å². The monoisotopic (exact) mass is 265 g/mol. The smallest absolute Gasteiger partial charge is 0.0359 e. The van der Waals surface area contributed by atoms with Gasteiger partial charge in [-0.15, -0.1) is 0 Å². The maximum Gasteiger partial charge on any atom is 0.0359 e. The third kappa shape index (κ3) is 2.27. The van der Waals surface area contributed by atoms with E-state index in [1.807, 2.05) is 0 Å². The van der Waals surface area contributed by atoms with E-state index in [2.05, 4.69) is 73.3 Å². The third-order valence-electron chi connectivity index (χ3n) is 4.64. The van der Waals surface area contributed by atoms with Gasteiger partial charge in [0.1, 0.15) is 0 Å². The summed E-state index contributed by atoms with van der Waals surface area (Å²) >= 11 is 0. The Morgan fingerprint density at radius 2 is 1.45 bits per heavy atom. The molecule has 1 nitrogen and oxygen atoms in total. The van der Waals surface area contributed by atoms with Crippen LogP contribution >= 0.6 is 0 Å². The van der Waals surface area contributed by atoms with Crippen LogP contribution in [-0.4, -0.2) is 18.0 Å². The summed E-state index contributed by atoms with van der Waals surface area (Å²) in [5.74, 6) is 0.554. The number of hydrogen-bond acceptors (Lipinski definition) is 1. The van der Waals surface area contributed by atoms with Crippen LogP contribution < -0.4 is 0 Å². The maximum atomic E-state index is 2.59. The van der Waals surface area contributed by atoms with E-state index in [9.17, 15) is 0 Å². The zero-order valence-electron chi connectivity index (χ0n) is 12.4. The molecule has 0 heterocycles. The van der Waals surface area contributed by atoms with Gasteiger partial charge in [-0.05, 0) is 36.2 Å². The van der Waals surface area contributed by atoms with Gasteiger partial charge in [-0.3, -0.25) is 4.90 Å². The fraction of sp³-hybridized carbons (Fsp3) is 0.368. The molecule has 0 spiro atoms. The summed E-state index contributed by atoms with van der Waals surface area (Å²) in [6, 6.07) is 20.5. The summed E-state index contributed by atoms with van der Waals surface area (Å²) < 4.78 is 0. The van der Waals surface area contributed by atoms with Gasteiger partial charge in [-0.1, -0.05) is 68.4 Å². The molecule has 20 heavy (non-hydrogen) atoms. The SMILES string of the molecule is CCN(CC)C1CC(c2ccccc2)c2ccccc21. The van der Waals surface area contributed by atoms with Crippen molar-refractivity contribution in [3.05, 3.63) is 71.3 Å². The second-order valence-corrected chi connectivity index (χ2v) is 5.56. The molecule has 2 atom stereocenters. The molecule has 3 rings (SSSR count). The van der Waals surface area contributed by atoms with Gasteiger partial charge in [0.25, 0.3) is 0 Å². The van der Waals surface area contributed by atoms with Crippen molar-refractivity contribution >= 4 is 0 Å². The molecule has 0 aromatic heterocycles. The van der Waals surface area contributed by atoms with E-state index in [4.69, 9.17) is 0 Å². The lowest BCUT2D eigenvalue weighted by Gasteiger charge is -2.27. The van der Waals surface area contributed by atoms with Crippen LogP contribution in [0.1, 0.15) is 48.9 Å². The Kier molecular flexibility index (Phi) is 3.88. The van der Waals surface area contributed by atoms with Gasteiger partial charge in [0.15, 0.2) is 0 Å². The Hall–Kier alpha value is -1.60. The molecule has 0 saturated carbocycles. The van der Waals surface area contributed by atoms with Crippen LogP contribution in [0.5, 0.6) is 0 Å². The predicted octanol–water partition coefficient (Wildman–Crippen LogP) is 4.61. The summed E-state index contributed by atoms with van der Waals surface area (Å²) in [4.78, 5) is 2.59. The quantitative estimate of drug-likeness (QED) is 0.780. The number of rotatable bonds is 4. The average molecular weight is 265 g/mol. The topological polar surface area (TPSA) is 3.24 Å².